The molecule has 0 saturated heterocycles. The zero-order valence-corrected chi connectivity index (χ0v) is 25.0. The van der Waals surface area contributed by atoms with Crippen LogP contribution in [0.2, 0.25) is 0 Å². The van der Waals surface area contributed by atoms with Crippen molar-refractivity contribution in [2.24, 2.45) is 15.2 Å². The molecule has 42 heavy (non-hydrogen) atoms. The van der Waals surface area contributed by atoms with Crippen molar-refractivity contribution in [2.75, 3.05) is 29.7 Å². The number of hydrogen-bond donors (Lipinski definition) is 1. The van der Waals surface area contributed by atoms with Gasteiger partial charge in [0, 0.05) is 30.6 Å². The average Bonchev–Trinajstić information content (AvgIpc) is 2.94. The molecule has 0 aliphatic heterocycles. The van der Waals surface area contributed by atoms with E-state index in [1.54, 1.807) is 18.2 Å². The minimum absolute atomic E-state index is 0.0832. The van der Waals surface area contributed by atoms with E-state index in [2.05, 4.69) is 27.3 Å². The standard InChI is InChI=1S/C29H34N6O6S/c1-7-26(41-27-14-9-19(3)15-20(27)4)29(36)31-25-16-21(34(8-2)18-30-5)10-12-23(25)32-33-24-13-11-22(35(37)38)17-28(24)42(6,39)40/h9-17,26H,5,7-8,18H2,1-4,6H3,(H,31,36). The maximum atomic E-state index is 13.4. The number of benzene rings is 3. The summed E-state index contributed by atoms with van der Waals surface area (Å²) in [6.45, 7) is 12.1. The number of carbonyl (C=O) groups is 1. The van der Waals surface area contributed by atoms with Crippen molar-refractivity contribution in [1.82, 2.24) is 0 Å². The summed E-state index contributed by atoms with van der Waals surface area (Å²) in [6, 6.07) is 14.1. The maximum absolute atomic E-state index is 13.4. The third kappa shape index (κ3) is 7.97. The lowest BCUT2D eigenvalue weighted by atomic mass is 10.1. The van der Waals surface area contributed by atoms with Crippen LogP contribution in [-0.2, 0) is 14.6 Å². The highest BCUT2D eigenvalue weighted by Gasteiger charge is 2.22. The number of sulfone groups is 1. The highest BCUT2D eigenvalue weighted by Crippen LogP contribution is 2.35. The molecule has 222 valence electrons. The molecule has 0 radical (unpaired) electrons. The number of aryl methyl sites for hydroxylation is 2. The highest BCUT2D eigenvalue weighted by atomic mass is 32.2. The van der Waals surface area contributed by atoms with Gasteiger partial charge in [0.05, 0.1) is 10.6 Å². The van der Waals surface area contributed by atoms with Gasteiger partial charge in [-0.15, -0.1) is 10.2 Å². The predicted molar refractivity (Wildman–Crippen MR) is 164 cm³/mol. The number of aliphatic imine (C=N–C) groups is 1. The fourth-order valence-corrected chi connectivity index (χ4v) is 4.94. The van der Waals surface area contributed by atoms with Gasteiger partial charge in [-0.1, -0.05) is 24.6 Å². The predicted octanol–water partition coefficient (Wildman–Crippen LogP) is 6.31. The van der Waals surface area contributed by atoms with Crippen molar-refractivity contribution in [3.05, 3.63) is 75.8 Å². The van der Waals surface area contributed by atoms with Crippen LogP contribution < -0.4 is 15.0 Å². The number of hydrogen-bond acceptors (Lipinski definition) is 10. The Labute approximate surface area is 245 Å². The molecule has 3 aromatic rings. The van der Waals surface area contributed by atoms with Gasteiger partial charge in [-0.05, 0) is 69.8 Å². The minimum Gasteiger partial charge on any atom is -0.480 e. The van der Waals surface area contributed by atoms with Crippen LogP contribution in [0.3, 0.4) is 0 Å². The molecule has 0 aliphatic rings. The number of azo groups is 1. The Morgan fingerprint density at radius 3 is 2.36 bits per heavy atom. The van der Waals surface area contributed by atoms with Gasteiger partial charge in [0.15, 0.2) is 15.9 Å². The second kappa shape index (κ2) is 13.8. The van der Waals surface area contributed by atoms with E-state index < -0.39 is 32.5 Å². The quantitative estimate of drug-likeness (QED) is 0.105. The van der Waals surface area contributed by atoms with E-state index in [0.717, 1.165) is 35.2 Å². The molecule has 3 aromatic carbocycles. The van der Waals surface area contributed by atoms with Crippen LogP contribution in [0.5, 0.6) is 5.75 Å². The summed E-state index contributed by atoms with van der Waals surface area (Å²) in [6.07, 6.45) is 0.500. The Morgan fingerprint density at radius 2 is 1.76 bits per heavy atom. The molecule has 12 nitrogen and oxygen atoms in total. The van der Waals surface area contributed by atoms with Gasteiger partial charge in [0.25, 0.3) is 11.6 Å². The van der Waals surface area contributed by atoms with Crippen molar-refractivity contribution >= 4 is 50.9 Å². The van der Waals surface area contributed by atoms with E-state index in [9.17, 15) is 23.3 Å². The number of anilines is 2. The third-order valence-electron chi connectivity index (χ3n) is 6.34. The molecule has 0 heterocycles. The third-order valence-corrected chi connectivity index (χ3v) is 7.46. The van der Waals surface area contributed by atoms with E-state index in [-0.39, 0.29) is 16.3 Å². The van der Waals surface area contributed by atoms with Crippen LogP contribution in [0.15, 0.2) is 74.7 Å². The molecule has 0 bridgehead atoms. The van der Waals surface area contributed by atoms with Crippen LogP contribution >= 0.6 is 0 Å². The van der Waals surface area contributed by atoms with E-state index in [1.165, 1.54) is 6.07 Å². The van der Waals surface area contributed by atoms with Gasteiger partial charge in [0.1, 0.15) is 28.7 Å². The van der Waals surface area contributed by atoms with Crippen LogP contribution in [-0.4, -0.2) is 51.5 Å². The summed E-state index contributed by atoms with van der Waals surface area (Å²) in [7, 11) is -3.87. The molecule has 0 spiro atoms. The smallest absolute Gasteiger partial charge is 0.270 e. The number of amides is 1. The number of nitrogens with zero attached hydrogens (tertiary/aromatic N) is 5. The Kier molecular flexibility index (Phi) is 10.5. The molecule has 13 heteroatoms. The summed E-state index contributed by atoms with van der Waals surface area (Å²) in [5.41, 5.74) is 2.76. The summed E-state index contributed by atoms with van der Waals surface area (Å²) in [5, 5.41) is 22.4. The first-order valence-electron chi connectivity index (χ1n) is 13.1. The van der Waals surface area contributed by atoms with E-state index in [1.807, 2.05) is 50.8 Å². The molecule has 0 fully saturated rings. The topological polar surface area (TPSA) is 156 Å². The van der Waals surface area contributed by atoms with Crippen molar-refractivity contribution in [3.8, 4) is 5.75 Å². The lowest BCUT2D eigenvalue weighted by Gasteiger charge is -2.23. The summed E-state index contributed by atoms with van der Waals surface area (Å²) >= 11 is 0. The summed E-state index contributed by atoms with van der Waals surface area (Å²) < 4.78 is 30.8. The van der Waals surface area contributed by atoms with Gasteiger partial charge < -0.3 is 15.0 Å². The van der Waals surface area contributed by atoms with Crippen LogP contribution in [0.1, 0.15) is 31.4 Å². The molecule has 0 aliphatic carbocycles. The molecule has 1 atom stereocenters. The molecule has 0 aromatic heterocycles. The van der Waals surface area contributed by atoms with E-state index >= 15 is 0 Å². The van der Waals surface area contributed by atoms with Gasteiger partial charge in [-0.2, -0.15) is 0 Å². The second-order valence-corrected chi connectivity index (χ2v) is 11.6. The Bertz CT molecular complexity index is 1620. The Morgan fingerprint density at radius 1 is 1.07 bits per heavy atom. The van der Waals surface area contributed by atoms with Gasteiger partial charge in [-0.25, -0.2) is 8.42 Å². The fourth-order valence-electron chi connectivity index (χ4n) is 4.12. The highest BCUT2D eigenvalue weighted by molar-refractivity contribution is 7.90. The van der Waals surface area contributed by atoms with Crippen LogP contribution in [0.25, 0.3) is 0 Å². The first kappa shape index (κ1) is 31.9. The number of non-ortho nitro benzene ring substituents is 1. The fraction of sp³-hybridized carbons (Fsp3) is 0.310. The Balaban J connectivity index is 2.03. The van der Waals surface area contributed by atoms with Crippen molar-refractivity contribution in [3.63, 3.8) is 0 Å². The first-order valence-corrected chi connectivity index (χ1v) is 15.0. The molecular formula is C29H34N6O6S. The summed E-state index contributed by atoms with van der Waals surface area (Å²) in [5.74, 6) is 0.181. The number of ether oxygens (including phenoxy) is 1. The maximum Gasteiger partial charge on any atom is 0.270 e. The normalized spacial score (nSPS) is 12.1. The number of nitro benzene ring substituents is 1. The van der Waals surface area contributed by atoms with Crippen molar-refractivity contribution in [2.45, 2.75) is 45.1 Å². The van der Waals surface area contributed by atoms with E-state index in [4.69, 9.17) is 4.74 Å². The van der Waals surface area contributed by atoms with Crippen molar-refractivity contribution < 1.29 is 22.9 Å². The molecule has 0 saturated carbocycles. The lowest BCUT2D eigenvalue weighted by Crippen LogP contribution is -2.32. The van der Waals surface area contributed by atoms with Crippen LogP contribution in [0, 0.1) is 24.0 Å². The number of nitrogens with one attached hydrogen (secondary N) is 1. The van der Waals surface area contributed by atoms with Gasteiger partial charge >= 0.3 is 0 Å². The molecule has 1 amide bonds. The van der Waals surface area contributed by atoms with Crippen LogP contribution in [0.4, 0.5) is 28.4 Å². The zero-order valence-electron chi connectivity index (χ0n) is 24.2. The van der Waals surface area contributed by atoms with E-state index in [0.29, 0.717) is 31.1 Å². The Hall–Kier alpha value is -4.65. The molecular weight excluding hydrogens is 560 g/mol. The average molecular weight is 595 g/mol. The van der Waals surface area contributed by atoms with Crippen molar-refractivity contribution in [1.29, 1.82) is 0 Å². The number of nitro groups is 1. The first-order chi connectivity index (χ1) is 19.9. The molecule has 1 unspecified atom stereocenters. The molecule has 3 rings (SSSR count). The number of carbonyl (C=O) groups excluding carboxylic acids is 1. The minimum atomic E-state index is -3.87. The summed E-state index contributed by atoms with van der Waals surface area (Å²) in [4.78, 5) is 29.5. The monoisotopic (exact) mass is 594 g/mol. The largest absolute Gasteiger partial charge is 0.480 e. The second-order valence-electron chi connectivity index (χ2n) is 9.58. The molecule has 1 N–H and O–H groups in total. The number of rotatable bonds is 13. The van der Waals surface area contributed by atoms with Gasteiger partial charge in [0.2, 0.25) is 0 Å². The SMILES string of the molecule is C=NCN(CC)c1ccc(N=Nc2ccc([N+](=O)[O-])cc2S(C)(=O)=O)c(NC(=O)C(CC)Oc2ccc(C)cc2C)c1. The van der Waals surface area contributed by atoms with Gasteiger partial charge in [-0.3, -0.25) is 19.9 Å². The lowest BCUT2D eigenvalue weighted by molar-refractivity contribution is -0.385. The zero-order chi connectivity index (χ0) is 31.0.